The molecule has 0 radical (unpaired) electrons. The minimum absolute atomic E-state index is 0.0401. The van der Waals surface area contributed by atoms with E-state index in [0.717, 1.165) is 15.7 Å². The van der Waals surface area contributed by atoms with E-state index in [1.165, 1.54) is 0 Å². The van der Waals surface area contributed by atoms with Crippen molar-refractivity contribution in [2.45, 2.75) is 6.92 Å². The Morgan fingerprint density at radius 2 is 2.23 bits per heavy atom. The highest BCUT2D eigenvalue weighted by atomic mass is 79.9. The van der Waals surface area contributed by atoms with E-state index < -0.39 is 0 Å². The molecule has 0 fully saturated rings. The molecule has 0 aromatic heterocycles. The molecule has 0 aliphatic rings. The summed E-state index contributed by atoms with van der Waals surface area (Å²) in [7, 11) is 0. The number of rotatable bonds is 2. The summed E-state index contributed by atoms with van der Waals surface area (Å²) in [5, 5.41) is 3.07. The second kappa shape index (κ2) is 4.77. The Bertz CT molecular complexity index is 325. The lowest BCUT2D eigenvalue weighted by Gasteiger charge is -2.04. The lowest BCUT2D eigenvalue weighted by atomic mass is 10.2. The number of nitrogens with one attached hydrogen (secondary N) is 1. The van der Waals surface area contributed by atoms with Crippen LogP contribution >= 0.6 is 31.9 Å². The lowest BCUT2D eigenvalue weighted by Crippen LogP contribution is -2.12. The zero-order chi connectivity index (χ0) is 9.84. The first-order chi connectivity index (χ1) is 6.13. The SMILES string of the molecule is Cc1cc(NC(=O)CBr)ccc1Br. The van der Waals surface area contributed by atoms with E-state index in [1.54, 1.807) is 0 Å². The summed E-state index contributed by atoms with van der Waals surface area (Å²) < 4.78 is 1.05. The quantitative estimate of drug-likeness (QED) is 0.836. The molecule has 0 unspecified atom stereocenters. The summed E-state index contributed by atoms with van der Waals surface area (Å²) in [5.74, 6) is -0.0401. The van der Waals surface area contributed by atoms with Crippen LogP contribution in [0.5, 0.6) is 0 Å². The van der Waals surface area contributed by atoms with E-state index in [1.807, 2.05) is 25.1 Å². The molecule has 70 valence electrons. The topological polar surface area (TPSA) is 29.1 Å². The number of amides is 1. The number of hydrogen-bond acceptors (Lipinski definition) is 1. The molecule has 0 atom stereocenters. The molecule has 4 heteroatoms. The highest BCUT2D eigenvalue weighted by molar-refractivity contribution is 9.10. The summed E-state index contributed by atoms with van der Waals surface area (Å²) in [5.41, 5.74) is 1.93. The highest BCUT2D eigenvalue weighted by Gasteiger charge is 2.00. The molecule has 0 bridgehead atoms. The van der Waals surface area contributed by atoms with Crippen molar-refractivity contribution in [3.8, 4) is 0 Å². The average molecular weight is 307 g/mol. The molecule has 1 N–H and O–H groups in total. The second-order valence-electron chi connectivity index (χ2n) is 2.65. The molecule has 0 saturated carbocycles. The van der Waals surface area contributed by atoms with E-state index in [0.29, 0.717) is 5.33 Å². The third-order valence-corrected chi connectivity index (χ3v) is 2.96. The Balaban J connectivity index is 2.79. The van der Waals surface area contributed by atoms with Crippen LogP contribution in [0.4, 0.5) is 5.69 Å². The van der Waals surface area contributed by atoms with Gasteiger partial charge in [0, 0.05) is 10.2 Å². The van der Waals surface area contributed by atoms with Crippen LogP contribution in [-0.4, -0.2) is 11.2 Å². The average Bonchev–Trinajstić information content (AvgIpc) is 2.11. The van der Waals surface area contributed by atoms with Crippen molar-refractivity contribution in [2.75, 3.05) is 10.6 Å². The van der Waals surface area contributed by atoms with Gasteiger partial charge in [-0.3, -0.25) is 4.79 Å². The maximum Gasteiger partial charge on any atom is 0.235 e. The van der Waals surface area contributed by atoms with Gasteiger partial charge in [-0.05, 0) is 30.7 Å². The first-order valence-corrected chi connectivity index (χ1v) is 5.67. The van der Waals surface area contributed by atoms with Gasteiger partial charge in [0.15, 0.2) is 0 Å². The van der Waals surface area contributed by atoms with E-state index in [9.17, 15) is 4.79 Å². The van der Waals surface area contributed by atoms with Crippen LogP contribution < -0.4 is 5.32 Å². The maximum atomic E-state index is 11.0. The zero-order valence-corrected chi connectivity index (χ0v) is 10.3. The van der Waals surface area contributed by atoms with Gasteiger partial charge < -0.3 is 5.32 Å². The minimum atomic E-state index is -0.0401. The standard InChI is InChI=1S/C9H9Br2NO/c1-6-4-7(2-3-8(6)11)12-9(13)5-10/h2-4H,5H2,1H3,(H,12,13). The molecule has 1 rings (SSSR count). The van der Waals surface area contributed by atoms with Crippen LogP contribution in [0.3, 0.4) is 0 Å². The zero-order valence-electron chi connectivity index (χ0n) is 7.10. The number of carbonyl (C=O) groups is 1. The first-order valence-electron chi connectivity index (χ1n) is 3.75. The Labute approximate surface area is 94.0 Å². The van der Waals surface area contributed by atoms with Gasteiger partial charge in [-0.15, -0.1) is 0 Å². The predicted molar refractivity (Wildman–Crippen MR) is 61.3 cm³/mol. The van der Waals surface area contributed by atoms with Gasteiger partial charge in [0.1, 0.15) is 0 Å². The monoisotopic (exact) mass is 305 g/mol. The van der Waals surface area contributed by atoms with Crippen molar-refractivity contribution in [1.82, 2.24) is 0 Å². The van der Waals surface area contributed by atoms with Crippen LogP contribution in [0.2, 0.25) is 0 Å². The van der Waals surface area contributed by atoms with Gasteiger partial charge in [0.05, 0.1) is 5.33 Å². The summed E-state index contributed by atoms with van der Waals surface area (Å²) in [6, 6.07) is 5.70. The Kier molecular flexibility index (Phi) is 3.93. The maximum absolute atomic E-state index is 11.0. The normalized spacial score (nSPS) is 9.77. The van der Waals surface area contributed by atoms with Crippen molar-refractivity contribution in [2.24, 2.45) is 0 Å². The number of halogens is 2. The van der Waals surface area contributed by atoms with Gasteiger partial charge in [-0.2, -0.15) is 0 Å². The van der Waals surface area contributed by atoms with E-state index in [2.05, 4.69) is 37.2 Å². The Hall–Kier alpha value is -0.350. The molecule has 1 aromatic carbocycles. The van der Waals surface area contributed by atoms with Crippen molar-refractivity contribution < 1.29 is 4.79 Å². The van der Waals surface area contributed by atoms with Crippen molar-refractivity contribution >= 4 is 43.5 Å². The molecule has 0 heterocycles. The van der Waals surface area contributed by atoms with E-state index >= 15 is 0 Å². The fourth-order valence-electron chi connectivity index (χ4n) is 0.917. The number of carbonyl (C=O) groups excluding carboxylic acids is 1. The highest BCUT2D eigenvalue weighted by Crippen LogP contribution is 2.19. The van der Waals surface area contributed by atoms with E-state index in [-0.39, 0.29) is 5.91 Å². The third-order valence-electron chi connectivity index (χ3n) is 1.56. The Morgan fingerprint density at radius 1 is 1.54 bits per heavy atom. The Morgan fingerprint density at radius 3 is 2.77 bits per heavy atom. The predicted octanol–water partition coefficient (Wildman–Crippen LogP) is 3.09. The molecule has 1 aromatic rings. The number of aryl methyl sites for hydroxylation is 1. The van der Waals surface area contributed by atoms with Crippen LogP contribution in [0.1, 0.15) is 5.56 Å². The molecule has 1 amide bonds. The van der Waals surface area contributed by atoms with Gasteiger partial charge in [0.25, 0.3) is 0 Å². The molecule has 2 nitrogen and oxygen atoms in total. The van der Waals surface area contributed by atoms with Crippen molar-refractivity contribution in [3.05, 3.63) is 28.2 Å². The summed E-state index contributed by atoms with van der Waals surface area (Å²) in [4.78, 5) is 11.0. The molecular formula is C9H9Br2NO. The van der Waals surface area contributed by atoms with Gasteiger partial charge >= 0.3 is 0 Å². The largest absolute Gasteiger partial charge is 0.325 e. The summed E-state index contributed by atoms with van der Waals surface area (Å²) >= 11 is 6.47. The number of alkyl halides is 1. The summed E-state index contributed by atoms with van der Waals surface area (Å²) in [6.07, 6.45) is 0. The second-order valence-corrected chi connectivity index (χ2v) is 4.06. The van der Waals surface area contributed by atoms with Crippen LogP contribution in [0, 0.1) is 6.92 Å². The smallest absolute Gasteiger partial charge is 0.235 e. The molecule has 0 spiro atoms. The number of hydrogen-bond donors (Lipinski definition) is 1. The third kappa shape index (κ3) is 3.12. The van der Waals surface area contributed by atoms with Crippen molar-refractivity contribution in [3.63, 3.8) is 0 Å². The van der Waals surface area contributed by atoms with Crippen LogP contribution in [0.25, 0.3) is 0 Å². The van der Waals surface area contributed by atoms with Crippen LogP contribution in [-0.2, 0) is 4.79 Å². The summed E-state index contributed by atoms with van der Waals surface area (Å²) in [6.45, 7) is 1.98. The molecule has 13 heavy (non-hydrogen) atoms. The lowest BCUT2D eigenvalue weighted by molar-refractivity contribution is -0.113. The number of anilines is 1. The molecule has 0 saturated heterocycles. The minimum Gasteiger partial charge on any atom is -0.325 e. The van der Waals surface area contributed by atoms with Gasteiger partial charge in [0.2, 0.25) is 5.91 Å². The van der Waals surface area contributed by atoms with E-state index in [4.69, 9.17) is 0 Å². The van der Waals surface area contributed by atoms with Crippen molar-refractivity contribution in [1.29, 1.82) is 0 Å². The van der Waals surface area contributed by atoms with Gasteiger partial charge in [-0.1, -0.05) is 31.9 Å². The molecule has 0 aliphatic heterocycles. The molecular weight excluding hydrogens is 298 g/mol. The fraction of sp³-hybridized carbons (Fsp3) is 0.222. The van der Waals surface area contributed by atoms with Gasteiger partial charge in [-0.25, -0.2) is 0 Å². The fourth-order valence-corrected chi connectivity index (χ4v) is 1.30. The molecule has 0 aliphatic carbocycles. The van der Waals surface area contributed by atoms with Crippen LogP contribution in [0.15, 0.2) is 22.7 Å². The number of benzene rings is 1. The first kappa shape index (κ1) is 10.7.